The molecular formula is C57H57N. The minimum atomic E-state index is -0.139. The minimum absolute atomic E-state index is 0.0476. The van der Waals surface area contributed by atoms with Gasteiger partial charge in [-0.3, -0.25) is 0 Å². The van der Waals surface area contributed by atoms with Crippen molar-refractivity contribution in [3.63, 3.8) is 0 Å². The van der Waals surface area contributed by atoms with E-state index in [2.05, 4.69) is 174 Å². The summed E-state index contributed by atoms with van der Waals surface area (Å²) in [6.07, 6.45) is 9.51. The summed E-state index contributed by atoms with van der Waals surface area (Å²) in [7, 11) is 0. The van der Waals surface area contributed by atoms with Crippen LogP contribution in [0.4, 0.5) is 17.1 Å². The second-order valence-electron chi connectivity index (χ2n) is 21.2. The summed E-state index contributed by atoms with van der Waals surface area (Å²) in [6, 6.07) is 50.0. The second-order valence-corrected chi connectivity index (χ2v) is 21.2. The fourth-order valence-electron chi connectivity index (χ4n) is 14.4. The molecule has 0 atom stereocenters. The van der Waals surface area contributed by atoms with Gasteiger partial charge in [0, 0.05) is 16.5 Å². The lowest BCUT2D eigenvalue weighted by atomic mass is 9.43. The van der Waals surface area contributed by atoms with Gasteiger partial charge in [-0.15, -0.1) is 0 Å². The van der Waals surface area contributed by atoms with Crippen LogP contribution in [0.15, 0.2) is 127 Å². The van der Waals surface area contributed by atoms with Gasteiger partial charge in [-0.25, -0.2) is 0 Å². The van der Waals surface area contributed by atoms with Crippen LogP contribution in [-0.4, -0.2) is 0 Å². The average Bonchev–Trinajstić information content (AvgIpc) is 3.65. The van der Waals surface area contributed by atoms with Crippen molar-refractivity contribution in [2.45, 2.75) is 108 Å². The summed E-state index contributed by atoms with van der Waals surface area (Å²) < 4.78 is 0. The van der Waals surface area contributed by atoms with Crippen molar-refractivity contribution in [2.24, 2.45) is 23.7 Å². The highest BCUT2D eigenvalue weighted by molar-refractivity contribution is 5.92. The van der Waals surface area contributed by atoms with Gasteiger partial charge < -0.3 is 4.90 Å². The summed E-state index contributed by atoms with van der Waals surface area (Å²) in [5.41, 5.74) is 21.5. The van der Waals surface area contributed by atoms with Crippen molar-refractivity contribution in [2.75, 3.05) is 4.90 Å². The molecule has 0 radical (unpaired) electrons. The Hall–Kier alpha value is -4.88. The molecule has 6 aromatic carbocycles. The molecule has 0 unspecified atom stereocenters. The first-order valence-electron chi connectivity index (χ1n) is 22.5. The van der Waals surface area contributed by atoms with Crippen LogP contribution < -0.4 is 4.90 Å². The van der Waals surface area contributed by atoms with E-state index >= 15 is 0 Å². The van der Waals surface area contributed by atoms with E-state index in [4.69, 9.17) is 0 Å². The Balaban J connectivity index is 1.02. The lowest BCUT2D eigenvalue weighted by molar-refractivity contribution is -0.0399. The summed E-state index contributed by atoms with van der Waals surface area (Å²) in [6.45, 7) is 14.7. The number of benzene rings is 6. The van der Waals surface area contributed by atoms with Crippen molar-refractivity contribution in [3.05, 3.63) is 161 Å². The Morgan fingerprint density at radius 2 is 0.966 bits per heavy atom. The molecule has 4 bridgehead atoms. The number of hydrogen-bond donors (Lipinski definition) is 0. The van der Waals surface area contributed by atoms with Crippen LogP contribution in [0.3, 0.4) is 0 Å². The lowest BCUT2D eigenvalue weighted by Gasteiger charge is -2.61. The van der Waals surface area contributed by atoms with E-state index in [1.165, 1.54) is 118 Å². The Labute approximate surface area is 346 Å². The number of anilines is 3. The maximum Gasteiger partial charge on any atom is 0.0508 e. The molecule has 1 nitrogen and oxygen atoms in total. The van der Waals surface area contributed by atoms with Crippen LogP contribution in [-0.2, 0) is 21.7 Å². The van der Waals surface area contributed by atoms with Crippen molar-refractivity contribution in [3.8, 4) is 33.4 Å². The maximum absolute atomic E-state index is 2.65. The van der Waals surface area contributed by atoms with Crippen molar-refractivity contribution >= 4 is 17.1 Å². The van der Waals surface area contributed by atoms with Gasteiger partial charge in [0.05, 0.1) is 11.4 Å². The normalized spacial score (nSPS) is 26.8. The number of hydrogen-bond acceptors (Lipinski definition) is 1. The largest absolute Gasteiger partial charge is 0.310 e. The molecule has 0 aromatic heterocycles. The zero-order valence-electron chi connectivity index (χ0n) is 35.3. The zero-order valence-corrected chi connectivity index (χ0v) is 35.3. The Kier molecular flexibility index (Phi) is 7.18. The van der Waals surface area contributed by atoms with E-state index in [1.54, 1.807) is 11.1 Å². The Bertz CT molecular complexity index is 2640. The Morgan fingerprint density at radius 3 is 1.67 bits per heavy atom. The molecular weight excluding hydrogens is 699 g/mol. The van der Waals surface area contributed by atoms with Gasteiger partial charge in [-0.1, -0.05) is 139 Å². The molecule has 0 N–H and O–H groups in total. The van der Waals surface area contributed by atoms with E-state index in [1.807, 2.05) is 0 Å². The highest BCUT2D eigenvalue weighted by Crippen LogP contribution is 2.69. The molecule has 4 saturated carbocycles. The molecule has 13 rings (SSSR count). The van der Waals surface area contributed by atoms with E-state index in [0.29, 0.717) is 0 Å². The summed E-state index contributed by atoms with van der Waals surface area (Å²) in [5, 5.41) is 0. The van der Waals surface area contributed by atoms with Crippen LogP contribution in [0.1, 0.15) is 120 Å². The van der Waals surface area contributed by atoms with Gasteiger partial charge in [0.2, 0.25) is 0 Å². The van der Waals surface area contributed by atoms with Crippen molar-refractivity contribution in [1.29, 1.82) is 0 Å². The first-order valence-corrected chi connectivity index (χ1v) is 22.5. The first-order chi connectivity index (χ1) is 28.0. The van der Waals surface area contributed by atoms with Gasteiger partial charge in [-0.05, 0) is 177 Å². The summed E-state index contributed by atoms with van der Waals surface area (Å²) in [5.74, 6) is 3.43. The molecule has 7 aliphatic carbocycles. The number of fused-ring (bicyclic) bond motifs is 7. The molecule has 1 spiro atoms. The van der Waals surface area contributed by atoms with Crippen LogP contribution in [0, 0.1) is 23.7 Å². The topological polar surface area (TPSA) is 3.24 Å². The molecule has 0 saturated heterocycles. The lowest BCUT2D eigenvalue weighted by Crippen LogP contribution is -2.55. The molecule has 290 valence electrons. The third-order valence-corrected chi connectivity index (χ3v) is 16.9. The minimum Gasteiger partial charge on any atom is -0.310 e. The van der Waals surface area contributed by atoms with Crippen LogP contribution >= 0.6 is 0 Å². The standard InChI is InChI=1S/C57H57N/c1-54(2)27-28-55(3,4)53-48(54)18-12-20-51(53)58(50-19-11-15-45-43-14-7-9-16-46(43)56(5,6)52(45)50)41-24-21-37(22-25-41)38-23-26-44-42-13-8-10-17-47(42)57(49(44)34-38)39-30-35-29-36(32-39)33-40(57)31-35/h7-26,34-36,39-40H,27-33H2,1-6H3. The van der Waals surface area contributed by atoms with Gasteiger partial charge in [-0.2, -0.15) is 0 Å². The fraction of sp³-hybridized carbons (Fsp3) is 0.368. The molecule has 0 aliphatic heterocycles. The maximum atomic E-state index is 2.65. The molecule has 6 aromatic rings. The van der Waals surface area contributed by atoms with Gasteiger partial charge >= 0.3 is 0 Å². The highest BCUT2D eigenvalue weighted by atomic mass is 15.2. The van der Waals surface area contributed by atoms with Gasteiger partial charge in [0.25, 0.3) is 0 Å². The highest BCUT2D eigenvalue weighted by Gasteiger charge is 2.61. The quantitative estimate of drug-likeness (QED) is 0.173. The molecule has 0 heterocycles. The van der Waals surface area contributed by atoms with E-state index in [0.717, 1.165) is 23.7 Å². The van der Waals surface area contributed by atoms with Crippen molar-refractivity contribution < 1.29 is 0 Å². The SMILES string of the molecule is CC1(C)CCC(C)(C)c2c(N(c3ccc(-c4ccc5c(c4)C4(c6ccccc6-5)C5CC6CC(C5)CC4C6)cc3)c3cccc4c3C(C)(C)c3ccccc3-4)cccc21. The van der Waals surface area contributed by atoms with Gasteiger partial charge in [0.1, 0.15) is 0 Å². The van der Waals surface area contributed by atoms with Crippen molar-refractivity contribution in [1.82, 2.24) is 0 Å². The first kappa shape index (κ1) is 35.1. The summed E-state index contributed by atoms with van der Waals surface area (Å²) in [4.78, 5) is 2.64. The molecule has 0 amide bonds. The van der Waals surface area contributed by atoms with E-state index in [-0.39, 0.29) is 21.7 Å². The third kappa shape index (κ3) is 4.60. The molecule has 1 heteroatoms. The monoisotopic (exact) mass is 755 g/mol. The predicted molar refractivity (Wildman–Crippen MR) is 243 cm³/mol. The smallest absolute Gasteiger partial charge is 0.0508 e. The third-order valence-electron chi connectivity index (χ3n) is 16.9. The predicted octanol–water partition coefficient (Wildman–Crippen LogP) is 15.2. The van der Waals surface area contributed by atoms with Crippen LogP contribution in [0.2, 0.25) is 0 Å². The second kappa shape index (κ2) is 11.9. The number of rotatable bonds is 4. The van der Waals surface area contributed by atoms with E-state index < -0.39 is 0 Å². The van der Waals surface area contributed by atoms with Gasteiger partial charge in [0.15, 0.2) is 0 Å². The molecule has 7 aliphatic rings. The van der Waals surface area contributed by atoms with Crippen LogP contribution in [0.25, 0.3) is 33.4 Å². The fourth-order valence-corrected chi connectivity index (χ4v) is 14.4. The molecule has 4 fully saturated rings. The Morgan fingerprint density at radius 1 is 0.431 bits per heavy atom. The molecule has 58 heavy (non-hydrogen) atoms. The zero-order chi connectivity index (χ0) is 39.3. The van der Waals surface area contributed by atoms with Crippen LogP contribution in [0.5, 0.6) is 0 Å². The number of nitrogens with zero attached hydrogens (tertiary/aromatic N) is 1. The summed E-state index contributed by atoms with van der Waals surface area (Å²) >= 11 is 0. The average molecular weight is 756 g/mol. The van der Waals surface area contributed by atoms with E-state index in [9.17, 15) is 0 Å².